The maximum absolute atomic E-state index is 12.8. The van der Waals surface area contributed by atoms with Gasteiger partial charge < -0.3 is 4.74 Å². The minimum Gasteiger partial charge on any atom is -0.464 e. The third-order valence-corrected chi connectivity index (χ3v) is 2.54. The molecule has 4 heteroatoms. The zero-order chi connectivity index (χ0) is 13.7. The minimum atomic E-state index is -0.487. The van der Waals surface area contributed by atoms with Gasteiger partial charge in [0.25, 0.3) is 0 Å². The van der Waals surface area contributed by atoms with Crippen molar-refractivity contribution < 1.29 is 13.9 Å². The van der Waals surface area contributed by atoms with Crippen LogP contribution in [0.1, 0.15) is 21.6 Å². The van der Waals surface area contributed by atoms with Crippen LogP contribution in [0.5, 0.6) is 0 Å². The Morgan fingerprint density at radius 2 is 1.95 bits per heavy atom. The first kappa shape index (κ1) is 13.0. The standard InChI is InChI=1S/C15H12FNO2/c1-19-15(18)14-12(3-2-10-17-14)7-4-11-5-8-13(16)9-6-11/h2-10H,1H3. The molecule has 0 saturated heterocycles. The topological polar surface area (TPSA) is 39.2 Å². The summed E-state index contributed by atoms with van der Waals surface area (Å²) in [5.74, 6) is -0.770. The number of methoxy groups -OCH3 is 1. The van der Waals surface area contributed by atoms with Crippen LogP contribution in [0.2, 0.25) is 0 Å². The quantitative estimate of drug-likeness (QED) is 0.793. The second kappa shape index (κ2) is 5.91. The van der Waals surface area contributed by atoms with Crippen molar-refractivity contribution in [2.24, 2.45) is 0 Å². The molecule has 96 valence electrons. The average molecular weight is 257 g/mol. The van der Waals surface area contributed by atoms with Gasteiger partial charge in [-0.3, -0.25) is 0 Å². The van der Waals surface area contributed by atoms with E-state index in [1.807, 2.05) is 0 Å². The van der Waals surface area contributed by atoms with E-state index < -0.39 is 5.97 Å². The monoisotopic (exact) mass is 257 g/mol. The molecule has 0 fully saturated rings. The largest absolute Gasteiger partial charge is 0.464 e. The fraction of sp³-hybridized carbons (Fsp3) is 0.0667. The van der Waals surface area contributed by atoms with E-state index in [-0.39, 0.29) is 11.5 Å². The van der Waals surface area contributed by atoms with Crippen molar-refractivity contribution in [1.82, 2.24) is 4.98 Å². The minimum absolute atomic E-state index is 0.253. The number of ether oxygens (including phenoxy) is 1. The van der Waals surface area contributed by atoms with Crippen LogP contribution in [0.4, 0.5) is 4.39 Å². The first-order valence-electron chi connectivity index (χ1n) is 5.67. The maximum Gasteiger partial charge on any atom is 0.357 e. The summed E-state index contributed by atoms with van der Waals surface area (Å²) in [6.07, 6.45) is 5.05. The molecule has 0 aliphatic carbocycles. The van der Waals surface area contributed by atoms with Gasteiger partial charge in [0.1, 0.15) is 5.82 Å². The molecule has 0 unspecified atom stereocenters. The van der Waals surface area contributed by atoms with Crippen molar-refractivity contribution in [3.63, 3.8) is 0 Å². The number of hydrogen-bond acceptors (Lipinski definition) is 3. The molecule has 0 N–H and O–H groups in total. The average Bonchev–Trinajstić information content (AvgIpc) is 2.46. The highest BCUT2D eigenvalue weighted by Crippen LogP contribution is 2.12. The Bertz CT molecular complexity index is 606. The summed E-state index contributed by atoms with van der Waals surface area (Å²) in [7, 11) is 1.31. The Morgan fingerprint density at radius 1 is 1.21 bits per heavy atom. The van der Waals surface area contributed by atoms with Crippen molar-refractivity contribution in [1.29, 1.82) is 0 Å². The summed E-state index contributed by atoms with van der Waals surface area (Å²) in [6, 6.07) is 9.56. The van der Waals surface area contributed by atoms with Crippen LogP contribution in [-0.4, -0.2) is 18.1 Å². The van der Waals surface area contributed by atoms with E-state index in [4.69, 9.17) is 0 Å². The third-order valence-electron chi connectivity index (χ3n) is 2.54. The number of aromatic nitrogens is 1. The van der Waals surface area contributed by atoms with Crippen LogP contribution in [-0.2, 0) is 4.74 Å². The Hall–Kier alpha value is -2.49. The molecule has 0 saturated carbocycles. The molecule has 0 atom stereocenters. The van der Waals surface area contributed by atoms with Gasteiger partial charge in [-0.15, -0.1) is 0 Å². The van der Waals surface area contributed by atoms with Crippen molar-refractivity contribution in [2.75, 3.05) is 7.11 Å². The highest BCUT2D eigenvalue weighted by atomic mass is 19.1. The molecular weight excluding hydrogens is 245 g/mol. The van der Waals surface area contributed by atoms with Crippen LogP contribution in [0, 0.1) is 5.82 Å². The Labute approximate surface area is 110 Å². The van der Waals surface area contributed by atoms with E-state index >= 15 is 0 Å². The summed E-state index contributed by atoms with van der Waals surface area (Å²) in [5.41, 5.74) is 1.74. The first-order valence-corrected chi connectivity index (χ1v) is 5.67. The number of nitrogens with zero attached hydrogens (tertiary/aromatic N) is 1. The second-order valence-electron chi connectivity index (χ2n) is 3.82. The van der Waals surface area contributed by atoms with Crippen molar-refractivity contribution >= 4 is 18.1 Å². The summed E-state index contributed by atoms with van der Waals surface area (Å²) in [6.45, 7) is 0. The van der Waals surface area contributed by atoms with Gasteiger partial charge in [-0.25, -0.2) is 14.2 Å². The Morgan fingerprint density at radius 3 is 2.63 bits per heavy atom. The molecule has 1 aromatic heterocycles. The van der Waals surface area contributed by atoms with E-state index in [0.717, 1.165) is 5.56 Å². The van der Waals surface area contributed by atoms with E-state index in [9.17, 15) is 9.18 Å². The molecule has 1 aromatic carbocycles. The van der Waals surface area contributed by atoms with Gasteiger partial charge >= 0.3 is 5.97 Å². The Balaban J connectivity index is 2.28. The van der Waals surface area contributed by atoms with Gasteiger partial charge in [0.15, 0.2) is 5.69 Å². The number of rotatable bonds is 3. The lowest BCUT2D eigenvalue weighted by atomic mass is 10.1. The number of hydrogen-bond donors (Lipinski definition) is 0. The predicted molar refractivity (Wildman–Crippen MR) is 70.9 cm³/mol. The van der Waals surface area contributed by atoms with Crippen LogP contribution in [0.3, 0.4) is 0 Å². The fourth-order valence-electron chi connectivity index (χ4n) is 1.58. The highest BCUT2D eigenvalue weighted by molar-refractivity contribution is 5.92. The van der Waals surface area contributed by atoms with Crippen molar-refractivity contribution in [3.8, 4) is 0 Å². The maximum atomic E-state index is 12.8. The number of pyridine rings is 1. The van der Waals surface area contributed by atoms with Crippen LogP contribution in [0.25, 0.3) is 12.2 Å². The molecule has 0 bridgehead atoms. The van der Waals surface area contributed by atoms with E-state index in [1.165, 1.54) is 25.4 Å². The molecule has 1 heterocycles. The number of carbonyl (C=O) groups is 1. The predicted octanol–water partition coefficient (Wildman–Crippen LogP) is 3.18. The van der Waals surface area contributed by atoms with Gasteiger partial charge in [-0.05, 0) is 23.8 Å². The lowest BCUT2D eigenvalue weighted by Crippen LogP contribution is -2.06. The van der Waals surface area contributed by atoms with E-state index in [1.54, 1.807) is 36.4 Å². The smallest absolute Gasteiger partial charge is 0.357 e. The number of halogens is 1. The summed E-state index contributed by atoms with van der Waals surface area (Å²) < 4.78 is 17.4. The van der Waals surface area contributed by atoms with Gasteiger partial charge in [0.2, 0.25) is 0 Å². The lowest BCUT2D eigenvalue weighted by molar-refractivity contribution is 0.0594. The summed E-state index contributed by atoms with van der Waals surface area (Å²) >= 11 is 0. The normalized spacial score (nSPS) is 10.6. The molecule has 19 heavy (non-hydrogen) atoms. The zero-order valence-electron chi connectivity index (χ0n) is 10.3. The van der Waals surface area contributed by atoms with Crippen LogP contribution in [0.15, 0.2) is 42.6 Å². The van der Waals surface area contributed by atoms with Crippen molar-refractivity contribution in [2.45, 2.75) is 0 Å². The van der Waals surface area contributed by atoms with Gasteiger partial charge in [-0.2, -0.15) is 0 Å². The number of carbonyl (C=O) groups excluding carboxylic acids is 1. The summed E-state index contributed by atoms with van der Waals surface area (Å²) in [5, 5.41) is 0. The SMILES string of the molecule is COC(=O)c1ncccc1C=Cc1ccc(F)cc1. The lowest BCUT2D eigenvalue weighted by Gasteiger charge is -2.02. The Kier molecular flexibility index (Phi) is 4.03. The van der Waals surface area contributed by atoms with Crippen LogP contribution >= 0.6 is 0 Å². The molecule has 0 amide bonds. The van der Waals surface area contributed by atoms with Gasteiger partial charge in [0, 0.05) is 11.8 Å². The van der Waals surface area contributed by atoms with E-state index in [2.05, 4.69) is 9.72 Å². The van der Waals surface area contributed by atoms with Crippen molar-refractivity contribution in [3.05, 3.63) is 65.2 Å². The molecule has 0 radical (unpaired) electrons. The molecule has 3 nitrogen and oxygen atoms in total. The zero-order valence-corrected chi connectivity index (χ0v) is 10.3. The number of benzene rings is 1. The summed E-state index contributed by atoms with van der Waals surface area (Å²) in [4.78, 5) is 15.5. The van der Waals surface area contributed by atoms with Gasteiger partial charge in [-0.1, -0.05) is 30.4 Å². The third kappa shape index (κ3) is 3.25. The molecule has 2 aromatic rings. The second-order valence-corrected chi connectivity index (χ2v) is 3.82. The van der Waals surface area contributed by atoms with E-state index in [0.29, 0.717) is 5.56 Å². The molecule has 2 rings (SSSR count). The van der Waals surface area contributed by atoms with Gasteiger partial charge in [0.05, 0.1) is 7.11 Å². The molecule has 0 aliphatic heterocycles. The molecule has 0 spiro atoms. The molecular formula is C15H12FNO2. The fourth-order valence-corrected chi connectivity index (χ4v) is 1.58. The number of esters is 1. The highest BCUT2D eigenvalue weighted by Gasteiger charge is 2.10. The molecule has 0 aliphatic rings. The first-order chi connectivity index (χ1) is 9.20. The van der Waals surface area contributed by atoms with Crippen LogP contribution < -0.4 is 0 Å².